The second kappa shape index (κ2) is 3.11. The van der Waals surface area contributed by atoms with E-state index in [0.717, 1.165) is 13.2 Å². The van der Waals surface area contributed by atoms with Crippen LogP contribution in [0, 0.1) is 5.92 Å². The molecule has 0 aromatic carbocycles. The standard InChI is InChI=1S/C9H16O2/c1-2-10-6-7-5-8-3-4-9(7)11-8/h7-9H,2-6H2,1H3. The van der Waals surface area contributed by atoms with Gasteiger partial charge < -0.3 is 9.47 Å². The largest absolute Gasteiger partial charge is 0.381 e. The molecule has 2 saturated heterocycles. The fourth-order valence-corrected chi connectivity index (χ4v) is 2.19. The SMILES string of the molecule is CCOCC1CC2CCC1O2. The van der Waals surface area contributed by atoms with E-state index in [1.807, 2.05) is 6.92 Å². The van der Waals surface area contributed by atoms with Crippen LogP contribution < -0.4 is 0 Å². The first-order chi connectivity index (χ1) is 5.40. The molecular formula is C9H16O2. The highest BCUT2D eigenvalue weighted by molar-refractivity contribution is 4.89. The summed E-state index contributed by atoms with van der Waals surface area (Å²) in [5, 5.41) is 0. The molecule has 0 radical (unpaired) electrons. The Labute approximate surface area is 67.9 Å². The van der Waals surface area contributed by atoms with E-state index in [-0.39, 0.29) is 0 Å². The highest BCUT2D eigenvalue weighted by Crippen LogP contribution is 2.38. The van der Waals surface area contributed by atoms with Crippen molar-refractivity contribution in [3.63, 3.8) is 0 Å². The molecule has 2 aliphatic heterocycles. The summed E-state index contributed by atoms with van der Waals surface area (Å²) in [4.78, 5) is 0. The maximum Gasteiger partial charge on any atom is 0.0630 e. The lowest BCUT2D eigenvalue weighted by atomic mass is 9.90. The average molecular weight is 156 g/mol. The van der Waals surface area contributed by atoms with E-state index in [4.69, 9.17) is 9.47 Å². The van der Waals surface area contributed by atoms with Gasteiger partial charge in [0.25, 0.3) is 0 Å². The van der Waals surface area contributed by atoms with Crippen LogP contribution in [0.3, 0.4) is 0 Å². The number of hydrogen-bond donors (Lipinski definition) is 0. The molecule has 2 nitrogen and oxygen atoms in total. The van der Waals surface area contributed by atoms with Crippen LogP contribution in [0.4, 0.5) is 0 Å². The third kappa shape index (κ3) is 1.42. The average Bonchev–Trinajstić information content (AvgIpc) is 2.60. The van der Waals surface area contributed by atoms with Crippen molar-refractivity contribution in [3.8, 4) is 0 Å². The van der Waals surface area contributed by atoms with Gasteiger partial charge in [-0.1, -0.05) is 0 Å². The second-order valence-electron chi connectivity index (χ2n) is 3.53. The molecular weight excluding hydrogens is 140 g/mol. The monoisotopic (exact) mass is 156 g/mol. The van der Waals surface area contributed by atoms with E-state index >= 15 is 0 Å². The van der Waals surface area contributed by atoms with Crippen LogP contribution in [0.1, 0.15) is 26.2 Å². The molecule has 64 valence electrons. The maximum absolute atomic E-state index is 5.70. The van der Waals surface area contributed by atoms with Crippen molar-refractivity contribution in [3.05, 3.63) is 0 Å². The Balaban J connectivity index is 1.78. The lowest BCUT2D eigenvalue weighted by Gasteiger charge is -2.17. The second-order valence-corrected chi connectivity index (χ2v) is 3.53. The van der Waals surface area contributed by atoms with Gasteiger partial charge in [-0.25, -0.2) is 0 Å². The summed E-state index contributed by atoms with van der Waals surface area (Å²) in [5.74, 6) is 0.702. The highest BCUT2D eigenvalue weighted by Gasteiger charge is 2.40. The lowest BCUT2D eigenvalue weighted by molar-refractivity contribution is 0.0558. The van der Waals surface area contributed by atoms with Crippen molar-refractivity contribution in [2.24, 2.45) is 5.92 Å². The van der Waals surface area contributed by atoms with Crippen molar-refractivity contribution in [2.45, 2.75) is 38.4 Å². The molecule has 0 amide bonds. The van der Waals surface area contributed by atoms with E-state index in [2.05, 4.69) is 0 Å². The van der Waals surface area contributed by atoms with E-state index in [9.17, 15) is 0 Å². The molecule has 2 heteroatoms. The van der Waals surface area contributed by atoms with Crippen LogP contribution in [0.25, 0.3) is 0 Å². The topological polar surface area (TPSA) is 18.5 Å². The Morgan fingerprint density at radius 2 is 2.36 bits per heavy atom. The molecule has 2 fully saturated rings. The van der Waals surface area contributed by atoms with Gasteiger partial charge in [-0.2, -0.15) is 0 Å². The molecule has 0 aliphatic carbocycles. The van der Waals surface area contributed by atoms with Gasteiger partial charge in [0.05, 0.1) is 18.8 Å². The molecule has 3 unspecified atom stereocenters. The van der Waals surface area contributed by atoms with Crippen molar-refractivity contribution in [1.29, 1.82) is 0 Å². The first-order valence-corrected chi connectivity index (χ1v) is 4.63. The van der Waals surface area contributed by atoms with Gasteiger partial charge in [-0.3, -0.25) is 0 Å². The van der Waals surface area contributed by atoms with E-state index in [1.54, 1.807) is 0 Å². The zero-order chi connectivity index (χ0) is 7.68. The minimum Gasteiger partial charge on any atom is -0.381 e. The maximum atomic E-state index is 5.70. The summed E-state index contributed by atoms with van der Waals surface area (Å²) in [6, 6.07) is 0. The summed E-state index contributed by atoms with van der Waals surface area (Å²) in [6.07, 6.45) is 4.90. The van der Waals surface area contributed by atoms with E-state index < -0.39 is 0 Å². The molecule has 2 aliphatic rings. The van der Waals surface area contributed by atoms with Gasteiger partial charge >= 0.3 is 0 Å². The Bertz CT molecular complexity index is 136. The third-order valence-electron chi connectivity index (χ3n) is 2.77. The Hall–Kier alpha value is -0.0800. The number of ether oxygens (including phenoxy) is 2. The van der Waals surface area contributed by atoms with Crippen LogP contribution in [0.5, 0.6) is 0 Å². The molecule has 2 bridgehead atoms. The van der Waals surface area contributed by atoms with Gasteiger partial charge in [-0.05, 0) is 26.2 Å². The molecule has 3 atom stereocenters. The third-order valence-corrected chi connectivity index (χ3v) is 2.77. The highest BCUT2D eigenvalue weighted by atomic mass is 16.5. The van der Waals surface area contributed by atoms with Gasteiger partial charge in [0, 0.05) is 12.5 Å². The van der Waals surface area contributed by atoms with Gasteiger partial charge in [0.2, 0.25) is 0 Å². The Morgan fingerprint density at radius 3 is 2.91 bits per heavy atom. The zero-order valence-electron chi connectivity index (χ0n) is 7.08. The molecule has 0 saturated carbocycles. The van der Waals surface area contributed by atoms with Gasteiger partial charge in [0.1, 0.15) is 0 Å². The van der Waals surface area contributed by atoms with Gasteiger partial charge in [0.15, 0.2) is 0 Å². The predicted octanol–water partition coefficient (Wildman–Crippen LogP) is 1.59. The van der Waals surface area contributed by atoms with E-state index in [1.165, 1.54) is 19.3 Å². The lowest BCUT2D eigenvalue weighted by Crippen LogP contribution is -2.21. The van der Waals surface area contributed by atoms with Crippen LogP contribution in [-0.2, 0) is 9.47 Å². The molecule has 2 rings (SSSR count). The van der Waals surface area contributed by atoms with Crippen molar-refractivity contribution < 1.29 is 9.47 Å². The molecule has 0 spiro atoms. The summed E-state index contributed by atoms with van der Waals surface area (Å²) in [6.45, 7) is 3.81. The first-order valence-electron chi connectivity index (χ1n) is 4.63. The fourth-order valence-electron chi connectivity index (χ4n) is 2.19. The van der Waals surface area contributed by atoms with Crippen molar-refractivity contribution in [2.75, 3.05) is 13.2 Å². The predicted molar refractivity (Wildman–Crippen MR) is 42.5 cm³/mol. The van der Waals surface area contributed by atoms with E-state index in [0.29, 0.717) is 18.1 Å². The molecule has 2 heterocycles. The summed E-state index contributed by atoms with van der Waals surface area (Å²) < 4.78 is 11.1. The molecule has 0 N–H and O–H groups in total. The van der Waals surface area contributed by atoms with Crippen molar-refractivity contribution in [1.82, 2.24) is 0 Å². The molecule has 0 aromatic rings. The number of fused-ring (bicyclic) bond motifs is 2. The molecule has 11 heavy (non-hydrogen) atoms. The zero-order valence-corrected chi connectivity index (χ0v) is 7.08. The molecule has 0 aromatic heterocycles. The van der Waals surface area contributed by atoms with Crippen molar-refractivity contribution >= 4 is 0 Å². The van der Waals surface area contributed by atoms with Crippen LogP contribution in [0.15, 0.2) is 0 Å². The summed E-state index contributed by atoms with van der Waals surface area (Å²) >= 11 is 0. The van der Waals surface area contributed by atoms with Crippen LogP contribution in [-0.4, -0.2) is 25.4 Å². The minimum absolute atomic E-state index is 0.534. The minimum atomic E-state index is 0.534. The summed E-state index contributed by atoms with van der Waals surface area (Å²) in [5.41, 5.74) is 0. The Morgan fingerprint density at radius 1 is 1.45 bits per heavy atom. The smallest absolute Gasteiger partial charge is 0.0630 e. The number of rotatable bonds is 3. The Kier molecular flexibility index (Phi) is 2.14. The normalized spacial score (nSPS) is 41.7. The fraction of sp³-hybridized carbons (Fsp3) is 1.00. The van der Waals surface area contributed by atoms with Gasteiger partial charge in [-0.15, -0.1) is 0 Å². The summed E-state index contributed by atoms with van der Waals surface area (Å²) in [7, 11) is 0. The first kappa shape index (κ1) is 7.56. The van der Waals surface area contributed by atoms with Crippen LogP contribution >= 0.6 is 0 Å². The quantitative estimate of drug-likeness (QED) is 0.617. The number of hydrogen-bond acceptors (Lipinski definition) is 2. The van der Waals surface area contributed by atoms with Crippen LogP contribution in [0.2, 0.25) is 0 Å².